The van der Waals surface area contributed by atoms with Gasteiger partial charge in [0.2, 0.25) is 0 Å². The molecule has 0 spiro atoms. The zero-order valence-electron chi connectivity index (χ0n) is 22.0. The summed E-state index contributed by atoms with van der Waals surface area (Å²) in [7, 11) is 0. The van der Waals surface area contributed by atoms with E-state index in [1.165, 1.54) is 25.7 Å². The molecule has 1 saturated heterocycles. The molecule has 1 atom stereocenters. The van der Waals surface area contributed by atoms with Crippen molar-refractivity contribution in [3.63, 3.8) is 0 Å². The van der Waals surface area contributed by atoms with Crippen LogP contribution in [0, 0.1) is 5.41 Å². The fourth-order valence-corrected chi connectivity index (χ4v) is 7.42. The van der Waals surface area contributed by atoms with Crippen molar-refractivity contribution in [3.05, 3.63) is 35.5 Å². The van der Waals surface area contributed by atoms with Crippen molar-refractivity contribution in [1.82, 2.24) is 9.88 Å². The standard InChI is InChI=1S/C29H41FN2O4S/c1-2-36-22-7-8-26-24(17-22)28(21(20-33)19-31-26)25(30)9-10-29(18-27(34)35)11-13-32(14-12-29)15-16-37-23-5-3-4-6-23/h7-8,17,19,23,25,33H,2-6,9-16,18,20H2,1H3,(H,34,35)/t25-/m1/s1. The van der Waals surface area contributed by atoms with Crippen LogP contribution in [0.5, 0.6) is 5.75 Å². The number of carbonyl (C=O) groups is 1. The molecule has 8 heteroatoms. The molecular weight excluding hydrogens is 491 g/mol. The lowest BCUT2D eigenvalue weighted by atomic mass is 9.71. The highest BCUT2D eigenvalue weighted by Gasteiger charge is 2.37. The van der Waals surface area contributed by atoms with E-state index in [1.807, 2.05) is 19.1 Å². The number of carboxylic acid groups (broad SMARTS) is 1. The van der Waals surface area contributed by atoms with Crippen molar-refractivity contribution in [1.29, 1.82) is 0 Å². The van der Waals surface area contributed by atoms with E-state index in [4.69, 9.17) is 4.74 Å². The number of pyridine rings is 1. The molecule has 2 fully saturated rings. The number of likely N-dealkylation sites (tertiary alicyclic amines) is 1. The fraction of sp³-hybridized carbons (Fsp3) is 0.655. The Hall–Kier alpha value is -1.90. The maximum Gasteiger partial charge on any atom is 0.303 e. The minimum atomic E-state index is -1.32. The van der Waals surface area contributed by atoms with Crippen LogP contribution < -0.4 is 4.74 Å². The Morgan fingerprint density at radius 1 is 1.30 bits per heavy atom. The molecular formula is C29H41FN2O4S. The summed E-state index contributed by atoms with van der Waals surface area (Å²) in [6, 6.07) is 5.42. The lowest BCUT2D eigenvalue weighted by Crippen LogP contribution is -2.42. The van der Waals surface area contributed by atoms with E-state index in [2.05, 4.69) is 21.6 Å². The van der Waals surface area contributed by atoms with E-state index < -0.39 is 17.6 Å². The molecule has 1 aliphatic heterocycles. The average Bonchev–Trinajstić information content (AvgIpc) is 3.41. The molecule has 6 nitrogen and oxygen atoms in total. The van der Waals surface area contributed by atoms with Crippen LogP contribution in [0.3, 0.4) is 0 Å². The number of carboxylic acids is 1. The molecule has 1 aromatic carbocycles. The molecule has 37 heavy (non-hydrogen) atoms. The van der Waals surface area contributed by atoms with Gasteiger partial charge in [-0.05, 0) is 82.2 Å². The molecule has 0 amide bonds. The normalized spacial score (nSPS) is 19.3. The number of halogens is 1. The highest BCUT2D eigenvalue weighted by molar-refractivity contribution is 7.99. The number of nitrogens with zero attached hydrogens (tertiary/aromatic N) is 2. The van der Waals surface area contributed by atoms with Crippen LogP contribution in [-0.4, -0.2) is 63.3 Å². The highest BCUT2D eigenvalue weighted by atomic mass is 32.2. The number of aliphatic hydroxyl groups is 1. The smallest absolute Gasteiger partial charge is 0.303 e. The maximum atomic E-state index is 15.9. The number of thioether (sulfide) groups is 1. The summed E-state index contributed by atoms with van der Waals surface area (Å²) in [4.78, 5) is 18.6. The van der Waals surface area contributed by atoms with Gasteiger partial charge < -0.3 is 19.8 Å². The van der Waals surface area contributed by atoms with Gasteiger partial charge in [0.05, 0.1) is 25.2 Å². The molecule has 0 bridgehead atoms. The summed E-state index contributed by atoms with van der Waals surface area (Å²) in [6.07, 6.45) is 7.97. The van der Waals surface area contributed by atoms with Crippen LogP contribution >= 0.6 is 11.8 Å². The maximum absolute atomic E-state index is 15.9. The Labute approximate surface area is 224 Å². The molecule has 2 heterocycles. The SMILES string of the molecule is CCOc1ccc2ncc(CO)c([C@H](F)CCC3(CC(=O)O)CCN(CCSC4CCCC4)CC3)c2c1. The molecule has 0 radical (unpaired) electrons. The molecule has 1 aromatic heterocycles. The number of piperidine rings is 1. The monoisotopic (exact) mass is 532 g/mol. The summed E-state index contributed by atoms with van der Waals surface area (Å²) in [5.74, 6) is 0.958. The van der Waals surface area contributed by atoms with Crippen LogP contribution in [0.2, 0.25) is 0 Å². The third-order valence-corrected chi connectivity index (χ3v) is 9.55. The summed E-state index contributed by atoms with van der Waals surface area (Å²) in [5, 5.41) is 21.1. The van der Waals surface area contributed by atoms with Gasteiger partial charge in [-0.2, -0.15) is 11.8 Å². The third kappa shape index (κ3) is 7.36. The first-order valence-electron chi connectivity index (χ1n) is 13.8. The molecule has 1 aliphatic carbocycles. The van der Waals surface area contributed by atoms with Crippen molar-refractivity contribution >= 4 is 28.6 Å². The van der Waals surface area contributed by atoms with E-state index in [9.17, 15) is 15.0 Å². The summed E-state index contributed by atoms with van der Waals surface area (Å²) >= 11 is 2.09. The number of ether oxygens (including phenoxy) is 1. The third-order valence-electron chi connectivity index (χ3n) is 8.19. The number of hydrogen-bond donors (Lipinski definition) is 2. The summed E-state index contributed by atoms with van der Waals surface area (Å²) < 4.78 is 21.6. The molecule has 2 N–H and O–H groups in total. The van der Waals surface area contributed by atoms with Crippen LogP contribution in [-0.2, 0) is 11.4 Å². The summed E-state index contributed by atoms with van der Waals surface area (Å²) in [6.45, 7) is 4.88. The van der Waals surface area contributed by atoms with E-state index in [0.717, 1.165) is 43.5 Å². The quantitative estimate of drug-likeness (QED) is 0.320. The lowest BCUT2D eigenvalue weighted by Gasteiger charge is -2.41. The van der Waals surface area contributed by atoms with Crippen LogP contribution in [0.25, 0.3) is 10.9 Å². The number of alkyl halides is 1. The van der Waals surface area contributed by atoms with Gasteiger partial charge in [0.1, 0.15) is 11.9 Å². The Morgan fingerprint density at radius 3 is 2.73 bits per heavy atom. The number of hydrogen-bond acceptors (Lipinski definition) is 6. The van der Waals surface area contributed by atoms with E-state index >= 15 is 4.39 Å². The second kappa shape index (κ2) is 13.3. The molecule has 0 unspecified atom stereocenters. The van der Waals surface area contributed by atoms with Crippen LogP contribution in [0.1, 0.15) is 82.0 Å². The number of benzene rings is 1. The number of aliphatic carboxylic acids is 1. The number of aliphatic hydroxyl groups excluding tert-OH is 1. The number of rotatable bonds is 13. The van der Waals surface area contributed by atoms with Gasteiger partial charge >= 0.3 is 5.97 Å². The zero-order valence-corrected chi connectivity index (χ0v) is 22.8. The predicted octanol–water partition coefficient (Wildman–Crippen LogP) is 6.15. The van der Waals surface area contributed by atoms with Crippen molar-refractivity contribution in [2.45, 2.75) is 82.7 Å². The molecule has 2 aromatic rings. The van der Waals surface area contributed by atoms with Gasteiger partial charge in [-0.3, -0.25) is 9.78 Å². The van der Waals surface area contributed by atoms with Gasteiger partial charge in [0.15, 0.2) is 0 Å². The first-order valence-corrected chi connectivity index (χ1v) is 14.8. The Kier molecular flexibility index (Phi) is 10.1. The lowest BCUT2D eigenvalue weighted by molar-refractivity contribution is -0.141. The predicted molar refractivity (Wildman–Crippen MR) is 147 cm³/mol. The second-order valence-electron chi connectivity index (χ2n) is 10.7. The molecule has 1 saturated carbocycles. The minimum Gasteiger partial charge on any atom is -0.494 e. The highest BCUT2D eigenvalue weighted by Crippen LogP contribution is 2.43. The van der Waals surface area contributed by atoms with E-state index in [-0.39, 0.29) is 19.4 Å². The molecule has 2 aliphatic rings. The van der Waals surface area contributed by atoms with Gasteiger partial charge in [-0.25, -0.2) is 4.39 Å². The van der Waals surface area contributed by atoms with Crippen LogP contribution in [0.15, 0.2) is 24.4 Å². The van der Waals surface area contributed by atoms with Crippen molar-refractivity contribution < 1.29 is 24.1 Å². The van der Waals surface area contributed by atoms with Crippen molar-refractivity contribution in [2.24, 2.45) is 5.41 Å². The Bertz CT molecular complexity index is 1040. The largest absolute Gasteiger partial charge is 0.494 e. The number of aromatic nitrogens is 1. The Balaban J connectivity index is 1.42. The van der Waals surface area contributed by atoms with Crippen LogP contribution in [0.4, 0.5) is 4.39 Å². The van der Waals surface area contributed by atoms with Gasteiger partial charge in [-0.15, -0.1) is 0 Å². The second-order valence-corrected chi connectivity index (χ2v) is 12.1. The summed E-state index contributed by atoms with van der Waals surface area (Å²) in [5.41, 5.74) is 1.17. The zero-order chi connectivity index (χ0) is 26.3. The van der Waals surface area contributed by atoms with E-state index in [1.54, 1.807) is 12.3 Å². The van der Waals surface area contributed by atoms with Crippen molar-refractivity contribution in [3.8, 4) is 5.75 Å². The van der Waals surface area contributed by atoms with Gasteiger partial charge in [0.25, 0.3) is 0 Å². The first-order chi connectivity index (χ1) is 17.9. The first kappa shape index (κ1) is 28.1. The molecule has 4 rings (SSSR count). The Morgan fingerprint density at radius 2 is 2.05 bits per heavy atom. The topological polar surface area (TPSA) is 82.9 Å². The number of fused-ring (bicyclic) bond motifs is 1. The average molecular weight is 533 g/mol. The molecule has 204 valence electrons. The van der Waals surface area contributed by atoms with Gasteiger partial charge in [0, 0.05) is 40.3 Å². The minimum absolute atomic E-state index is 0.0722. The van der Waals surface area contributed by atoms with E-state index in [0.29, 0.717) is 40.8 Å². The van der Waals surface area contributed by atoms with Crippen molar-refractivity contribution in [2.75, 3.05) is 32.0 Å². The van der Waals surface area contributed by atoms with Gasteiger partial charge in [-0.1, -0.05) is 12.8 Å². The fourth-order valence-electron chi connectivity index (χ4n) is 6.05.